The highest BCUT2D eigenvalue weighted by Gasteiger charge is 2.24. The predicted molar refractivity (Wildman–Crippen MR) is 229 cm³/mol. The van der Waals surface area contributed by atoms with E-state index >= 15 is 0 Å². The van der Waals surface area contributed by atoms with Crippen LogP contribution in [0.15, 0.2) is 0 Å². The third-order valence-corrected chi connectivity index (χ3v) is 11.8. The first kappa shape index (κ1) is 50.8. The highest BCUT2D eigenvalue weighted by atomic mass is 16.5. The number of aliphatic hydroxyl groups excluding tert-OH is 1. The van der Waals surface area contributed by atoms with Gasteiger partial charge in [0.25, 0.3) is 0 Å². The average molecular weight is 765 g/mol. The lowest BCUT2D eigenvalue weighted by molar-refractivity contribution is -0.145. The number of esters is 2. The third-order valence-electron chi connectivity index (χ3n) is 11.8. The van der Waals surface area contributed by atoms with Gasteiger partial charge in [-0.2, -0.15) is 0 Å². The molecule has 0 spiro atoms. The van der Waals surface area contributed by atoms with Crippen molar-refractivity contribution in [1.82, 2.24) is 9.80 Å². The first-order valence-electron chi connectivity index (χ1n) is 23.9. The van der Waals surface area contributed by atoms with Crippen LogP contribution in [0.2, 0.25) is 0 Å². The van der Waals surface area contributed by atoms with Gasteiger partial charge in [-0.05, 0) is 76.8 Å². The van der Waals surface area contributed by atoms with E-state index in [0.717, 1.165) is 71.1 Å². The van der Waals surface area contributed by atoms with Crippen LogP contribution in [0.3, 0.4) is 0 Å². The van der Waals surface area contributed by atoms with E-state index in [4.69, 9.17) is 9.47 Å². The Balaban J connectivity index is 2.22. The fourth-order valence-electron chi connectivity index (χ4n) is 7.86. The van der Waals surface area contributed by atoms with E-state index in [1.807, 2.05) is 0 Å². The molecule has 7 nitrogen and oxygen atoms in total. The molecule has 0 aromatic heterocycles. The zero-order chi connectivity index (χ0) is 39.2. The molecule has 1 aliphatic carbocycles. The Morgan fingerprint density at radius 3 is 1.56 bits per heavy atom. The Labute approximate surface area is 335 Å². The van der Waals surface area contributed by atoms with E-state index in [1.165, 1.54) is 148 Å². The maximum atomic E-state index is 12.6. The second-order valence-electron chi connectivity index (χ2n) is 16.8. The second kappa shape index (κ2) is 38.7. The summed E-state index contributed by atoms with van der Waals surface area (Å²) in [5.74, 6) is 0.472. The lowest BCUT2D eigenvalue weighted by Gasteiger charge is -2.39. The van der Waals surface area contributed by atoms with E-state index in [0.29, 0.717) is 44.6 Å². The monoisotopic (exact) mass is 765 g/mol. The Hall–Kier alpha value is -1.18. The number of unbranched alkanes of at least 4 members (excludes halogenated alkanes) is 20. The fourth-order valence-corrected chi connectivity index (χ4v) is 7.86. The highest BCUT2D eigenvalue weighted by Crippen LogP contribution is 2.25. The number of rotatable bonds is 42. The number of hydrogen-bond donors (Lipinski definition) is 1. The molecule has 7 heteroatoms. The highest BCUT2D eigenvalue weighted by molar-refractivity contribution is 5.69. The summed E-state index contributed by atoms with van der Waals surface area (Å²) in [5.41, 5.74) is 0. The van der Waals surface area contributed by atoms with E-state index < -0.39 is 0 Å². The van der Waals surface area contributed by atoms with Crippen molar-refractivity contribution >= 4 is 11.9 Å². The molecule has 1 unspecified atom stereocenters. The molecular formula is C47H92N2O5. The van der Waals surface area contributed by atoms with Crippen molar-refractivity contribution in [3.63, 3.8) is 0 Å². The molecule has 0 aliphatic heterocycles. The van der Waals surface area contributed by atoms with Crippen molar-refractivity contribution in [1.29, 1.82) is 0 Å². The van der Waals surface area contributed by atoms with Crippen molar-refractivity contribution in [3.8, 4) is 0 Å². The molecule has 320 valence electrons. The molecule has 0 radical (unpaired) electrons. The van der Waals surface area contributed by atoms with Crippen LogP contribution in [-0.2, 0) is 19.1 Å². The number of hydrogen-bond acceptors (Lipinski definition) is 7. The lowest BCUT2D eigenvalue weighted by atomic mass is 9.91. The summed E-state index contributed by atoms with van der Waals surface area (Å²) in [5, 5.41) is 9.76. The number of carbonyl (C=O) groups excluding carboxylic acids is 2. The second-order valence-corrected chi connectivity index (χ2v) is 16.8. The summed E-state index contributed by atoms with van der Waals surface area (Å²) >= 11 is 0. The van der Waals surface area contributed by atoms with Gasteiger partial charge >= 0.3 is 11.9 Å². The number of aliphatic hydroxyl groups is 1. The zero-order valence-corrected chi connectivity index (χ0v) is 36.4. The molecule has 1 N–H and O–H groups in total. The number of ether oxygens (including phenoxy) is 2. The third kappa shape index (κ3) is 31.0. The topological polar surface area (TPSA) is 79.3 Å². The molecule has 1 rings (SSSR count). The lowest BCUT2D eigenvalue weighted by Crippen LogP contribution is -2.45. The summed E-state index contributed by atoms with van der Waals surface area (Å²) in [6.45, 7) is 12.9. The molecule has 1 fully saturated rings. The van der Waals surface area contributed by atoms with Gasteiger partial charge in [-0.3, -0.25) is 19.4 Å². The summed E-state index contributed by atoms with van der Waals surface area (Å²) in [7, 11) is 0. The summed E-state index contributed by atoms with van der Waals surface area (Å²) in [6, 6.07) is 0.690. The minimum absolute atomic E-state index is 0.0224. The molecule has 0 aromatic carbocycles. The first-order chi connectivity index (χ1) is 26.5. The van der Waals surface area contributed by atoms with E-state index in [2.05, 4.69) is 30.6 Å². The number of carbonyl (C=O) groups is 2. The van der Waals surface area contributed by atoms with Gasteiger partial charge < -0.3 is 14.6 Å². The maximum absolute atomic E-state index is 12.6. The minimum atomic E-state index is -0.0254. The summed E-state index contributed by atoms with van der Waals surface area (Å²) in [4.78, 5) is 29.9. The van der Waals surface area contributed by atoms with Crippen LogP contribution in [-0.4, -0.2) is 85.4 Å². The van der Waals surface area contributed by atoms with Crippen molar-refractivity contribution in [2.45, 2.75) is 232 Å². The Bertz CT molecular complexity index is 822. The van der Waals surface area contributed by atoms with Crippen molar-refractivity contribution in [2.24, 2.45) is 5.92 Å². The van der Waals surface area contributed by atoms with Gasteiger partial charge in [0, 0.05) is 38.5 Å². The zero-order valence-electron chi connectivity index (χ0n) is 36.4. The van der Waals surface area contributed by atoms with Crippen LogP contribution in [0.4, 0.5) is 0 Å². The normalized spacial score (nSPS) is 13.8. The predicted octanol–water partition coefficient (Wildman–Crippen LogP) is 12.2. The van der Waals surface area contributed by atoms with Crippen LogP contribution in [0.5, 0.6) is 0 Å². The van der Waals surface area contributed by atoms with Gasteiger partial charge in [0.1, 0.15) is 0 Å². The molecule has 0 amide bonds. The maximum Gasteiger partial charge on any atom is 0.305 e. The van der Waals surface area contributed by atoms with Gasteiger partial charge in [0.2, 0.25) is 0 Å². The van der Waals surface area contributed by atoms with Crippen molar-refractivity contribution < 1.29 is 24.2 Å². The van der Waals surface area contributed by atoms with E-state index in [9.17, 15) is 14.7 Å². The van der Waals surface area contributed by atoms with E-state index in [1.54, 1.807) is 0 Å². The van der Waals surface area contributed by atoms with Crippen LogP contribution in [0, 0.1) is 5.92 Å². The summed E-state index contributed by atoms with van der Waals surface area (Å²) in [6.07, 6.45) is 37.9. The van der Waals surface area contributed by atoms with Crippen molar-refractivity contribution in [3.05, 3.63) is 0 Å². The molecule has 1 atom stereocenters. The first-order valence-corrected chi connectivity index (χ1v) is 23.9. The Morgan fingerprint density at radius 1 is 0.537 bits per heavy atom. The van der Waals surface area contributed by atoms with Crippen LogP contribution in [0.25, 0.3) is 0 Å². The standard InChI is InChI=1S/C47H92N2O5/c1-4-7-10-13-15-16-17-19-28-42-53-46(51)34-25-21-27-37-49(45-32-29-33-45)39-38-48(40-41-50)36-26-20-24-35-47(52)54-43-44(30-22-12-9-6-3)31-23-18-14-11-8-5-2/h44-45,50H,4-43H2,1-3H3. The van der Waals surface area contributed by atoms with Gasteiger partial charge in [-0.1, -0.05) is 156 Å². The van der Waals surface area contributed by atoms with Gasteiger partial charge in [0.15, 0.2) is 0 Å². The van der Waals surface area contributed by atoms with Gasteiger partial charge in [-0.25, -0.2) is 0 Å². The quantitative estimate of drug-likeness (QED) is 0.0490. The van der Waals surface area contributed by atoms with E-state index in [-0.39, 0.29) is 18.5 Å². The molecule has 54 heavy (non-hydrogen) atoms. The Kier molecular flexibility index (Phi) is 36.4. The molecular weight excluding hydrogens is 673 g/mol. The van der Waals surface area contributed by atoms with Gasteiger partial charge in [-0.15, -0.1) is 0 Å². The molecule has 1 saturated carbocycles. The van der Waals surface area contributed by atoms with Crippen LogP contribution >= 0.6 is 0 Å². The molecule has 0 bridgehead atoms. The SMILES string of the molecule is CCCCCCCCCCCOC(=O)CCCCCN(CCN(CCO)CCCCCC(=O)OCC(CCCCCC)CCCCCCCC)C1CCC1. The molecule has 0 aromatic rings. The Morgan fingerprint density at radius 2 is 1.02 bits per heavy atom. The average Bonchev–Trinajstić information content (AvgIpc) is 3.14. The molecule has 0 saturated heterocycles. The smallest absolute Gasteiger partial charge is 0.305 e. The largest absolute Gasteiger partial charge is 0.466 e. The molecule has 0 heterocycles. The van der Waals surface area contributed by atoms with Crippen molar-refractivity contribution in [2.75, 3.05) is 52.5 Å². The molecule has 1 aliphatic rings. The minimum Gasteiger partial charge on any atom is -0.466 e. The van der Waals surface area contributed by atoms with Crippen LogP contribution in [0.1, 0.15) is 226 Å². The van der Waals surface area contributed by atoms with Gasteiger partial charge in [0.05, 0.1) is 19.8 Å². The fraction of sp³-hybridized carbons (Fsp3) is 0.957. The van der Waals surface area contributed by atoms with Crippen LogP contribution < -0.4 is 0 Å². The number of nitrogens with zero attached hydrogens (tertiary/aromatic N) is 2. The summed E-state index contributed by atoms with van der Waals surface area (Å²) < 4.78 is 11.3.